The molecule has 6 nitrogen and oxygen atoms in total. The van der Waals surface area contributed by atoms with E-state index in [2.05, 4.69) is 10.3 Å². The van der Waals surface area contributed by atoms with Crippen LogP contribution in [0, 0.1) is 0 Å². The average Bonchev–Trinajstić information content (AvgIpc) is 3.37. The minimum atomic E-state index is -0.490. The fraction of sp³-hybridized carbons (Fsp3) is 0.0952. The monoisotopic (exact) mass is 393 g/mol. The number of ether oxygens (including phenoxy) is 1. The third-order valence-corrected chi connectivity index (χ3v) is 4.41. The van der Waals surface area contributed by atoms with E-state index in [0.717, 1.165) is 11.1 Å². The number of carbonyl (C=O) groups excluding carboxylic acids is 1. The molecule has 2 aromatic heterocycles. The zero-order valence-electron chi connectivity index (χ0n) is 15.0. The maximum absolute atomic E-state index is 12.9. The Morgan fingerprint density at radius 2 is 1.79 bits per heavy atom. The number of furan rings is 1. The van der Waals surface area contributed by atoms with Crippen LogP contribution in [0.5, 0.6) is 0 Å². The van der Waals surface area contributed by atoms with Gasteiger partial charge in [-0.15, -0.1) is 5.10 Å². The summed E-state index contributed by atoms with van der Waals surface area (Å²) in [5, 5.41) is 8.55. The quantitative estimate of drug-likeness (QED) is 0.445. The van der Waals surface area contributed by atoms with Gasteiger partial charge in [-0.2, -0.15) is 0 Å². The van der Waals surface area contributed by atoms with E-state index >= 15 is 0 Å². The smallest absolute Gasteiger partial charge is 0.344 e. The second-order valence-electron chi connectivity index (χ2n) is 5.92. The molecular formula is C21H16ClN3O3. The summed E-state index contributed by atoms with van der Waals surface area (Å²) in [5.41, 5.74) is 2.27. The van der Waals surface area contributed by atoms with Crippen LogP contribution < -0.4 is 0 Å². The Kier molecular flexibility index (Phi) is 4.95. The van der Waals surface area contributed by atoms with E-state index in [-0.39, 0.29) is 6.61 Å². The van der Waals surface area contributed by atoms with E-state index in [9.17, 15) is 4.79 Å². The van der Waals surface area contributed by atoms with Crippen molar-refractivity contribution in [1.29, 1.82) is 0 Å². The van der Waals surface area contributed by atoms with Gasteiger partial charge in [0.15, 0.2) is 11.5 Å². The van der Waals surface area contributed by atoms with Crippen molar-refractivity contribution < 1.29 is 13.9 Å². The van der Waals surface area contributed by atoms with Gasteiger partial charge in [-0.25, -0.2) is 9.48 Å². The van der Waals surface area contributed by atoms with E-state index in [1.807, 2.05) is 42.5 Å². The van der Waals surface area contributed by atoms with E-state index < -0.39 is 5.97 Å². The van der Waals surface area contributed by atoms with Crippen molar-refractivity contribution in [3.63, 3.8) is 0 Å². The lowest BCUT2D eigenvalue weighted by Crippen LogP contribution is -2.10. The molecule has 0 aliphatic rings. The second-order valence-corrected chi connectivity index (χ2v) is 6.36. The van der Waals surface area contributed by atoms with Gasteiger partial charge in [-0.3, -0.25) is 0 Å². The van der Waals surface area contributed by atoms with Crippen LogP contribution >= 0.6 is 11.6 Å². The molecule has 0 radical (unpaired) electrons. The van der Waals surface area contributed by atoms with Crippen LogP contribution in [0.2, 0.25) is 5.02 Å². The molecular weight excluding hydrogens is 378 g/mol. The first kappa shape index (κ1) is 18.0. The summed E-state index contributed by atoms with van der Waals surface area (Å²) in [5.74, 6) is 0.398. The average molecular weight is 394 g/mol. The zero-order chi connectivity index (χ0) is 19.5. The molecule has 7 heteroatoms. The van der Waals surface area contributed by atoms with E-state index in [1.165, 1.54) is 10.9 Å². The van der Waals surface area contributed by atoms with Gasteiger partial charge in [0, 0.05) is 16.1 Å². The van der Waals surface area contributed by atoms with Crippen molar-refractivity contribution in [2.24, 2.45) is 0 Å². The topological polar surface area (TPSA) is 70.2 Å². The lowest BCUT2D eigenvalue weighted by atomic mass is 10.1. The Balaban J connectivity index is 2.03. The molecule has 28 heavy (non-hydrogen) atoms. The predicted octanol–water partition coefficient (Wildman–Crippen LogP) is 5.02. The molecule has 0 spiro atoms. The number of benzene rings is 2. The molecule has 0 atom stereocenters. The molecule has 0 aliphatic carbocycles. The van der Waals surface area contributed by atoms with E-state index in [4.69, 9.17) is 20.8 Å². The van der Waals surface area contributed by atoms with Gasteiger partial charge in [-0.1, -0.05) is 47.1 Å². The highest BCUT2D eigenvalue weighted by Gasteiger charge is 2.30. The van der Waals surface area contributed by atoms with Crippen molar-refractivity contribution in [2.75, 3.05) is 6.61 Å². The number of aromatic nitrogens is 3. The van der Waals surface area contributed by atoms with Gasteiger partial charge >= 0.3 is 5.97 Å². The van der Waals surface area contributed by atoms with Crippen LogP contribution in [0.15, 0.2) is 71.4 Å². The lowest BCUT2D eigenvalue weighted by Gasteiger charge is -2.06. The maximum atomic E-state index is 12.9. The van der Waals surface area contributed by atoms with Crippen LogP contribution in [0.25, 0.3) is 28.3 Å². The first-order valence-corrected chi connectivity index (χ1v) is 9.08. The predicted molar refractivity (Wildman–Crippen MR) is 105 cm³/mol. The lowest BCUT2D eigenvalue weighted by molar-refractivity contribution is 0.0526. The molecule has 140 valence electrons. The standard InChI is InChI=1S/C21H16ClN3O3/c1-2-27-21(26)17-18(25-13-12-23-24-25)20(15-8-10-16(22)11-9-15)28-19(17)14-6-4-3-5-7-14/h3-13H,2H2,1H3. The molecule has 0 N–H and O–H groups in total. The fourth-order valence-electron chi connectivity index (χ4n) is 2.95. The molecule has 0 aliphatic heterocycles. The number of esters is 1. The fourth-order valence-corrected chi connectivity index (χ4v) is 3.08. The largest absolute Gasteiger partial charge is 0.462 e. The van der Waals surface area contributed by atoms with Gasteiger partial charge in [0.25, 0.3) is 0 Å². The number of halogens is 1. The Labute approximate surface area is 166 Å². The highest BCUT2D eigenvalue weighted by Crippen LogP contribution is 2.40. The summed E-state index contributed by atoms with van der Waals surface area (Å²) < 4.78 is 13.0. The molecule has 0 unspecified atom stereocenters. The molecule has 0 saturated carbocycles. The molecule has 4 rings (SSSR count). The molecule has 4 aromatic rings. The molecule has 2 heterocycles. The summed E-state index contributed by atoms with van der Waals surface area (Å²) in [6.07, 6.45) is 3.19. The highest BCUT2D eigenvalue weighted by atomic mass is 35.5. The Hall–Kier alpha value is -3.38. The number of hydrogen-bond donors (Lipinski definition) is 0. The van der Waals surface area contributed by atoms with Crippen LogP contribution in [-0.4, -0.2) is 27.6 Å². The summed E-state index contributed by atoms with van der Waals surface area (Å²) in [7, 11) is 0. The van der Waals surface area contributed by atoms with E-state index in [0.29, 0.717) is 27.8 Å². The van der Waals surface area contributed by atoms with Crippen molar-refractivity contribution >= 4 is 17.6 Å². The van der Waals surface area contributed by atoms with Gasteiger partial charge in [0.2, 0.25) is 0 Å². The first-order valence-electron chi connectivity index (χ1n) is 8.71. The number of hydrogen-bond acceptors (Lipinski definition) is 5. The van der Waals surface area contributed by atoms with Crippen LogP contribution in [-0.2, 0) is 4.74 Å². The van der Waals surface area contributed by atoms with E-state index in [1.54, 1.807) is 25.3 Å². The van der Waals surface area contributed by atoms with Gasteiger partial charge in [0.1, 0.15) is 11.3 Å². The van der Waals surface area contributed by atoms with Crippen molar-refractivity contribution in [2.45, 2.75) is 6.92 Å². The third-order valence-electron chi connectivity index (χ3n) is 4.16. The maximum Gasteiger partial charge on any atom is 0.344 e. The Bertz CT molecular complexity index is 1090. The van der Waals surface area contributed by atoms with Crippen molar-refractivity contribution in [3.8, 4) is 28.3 Å². The van der Waals surface area contributed by atoms with Crippen molar-refractivity contribution in [3.05, 3.63) is 77.6 Å². The number of carbonyl (C=O) groups is 1. The molecule has 0 bridgehead atoms. The molecule has 2 aromatic carbocycles. The summed E-state index contributed by atoms with van der Waals surface area (Å²) in [4.78, 5) is 12.9. The van der Waals surface area contributed by atoms with Gasteiger partial charge < -0.3 is 9.15 Å². The number of rotatable bonds is 5. The molecule has 0 fully saturated rings. The highest BCUT2D eigenvalue weighted by molar-refractivity contribution is 6.30. The normalized spacial score (nSPS) is 10.8. The molecule has 0 saturated heterocycles. The summed E-state index contributed by atoms with van der Waals surface area (Å²) in [6.45, 7) is 2.00. The summed E-state index contributed by atoms with van der Waals surface area (Å²) >= 11 is 6.03. The minimum Gasteiger partial charge on any atom is -0.462 e. The Morgan fingerprint density at radius 1 is 1.07 bits per heavy atom. The summed E-state index contributed by atoms with van der Waals surface area (Å²) in [6, 6.07) is 16.6. The Morgan fingerprint density at radius 3 is 2.43 bits per heavy atom. The van der Waals surface area contributed by atoms with Crippen LogP contribution in [0.1, 0.15) is 17.3 Å². The minimum absolute atomic E-state index is 0.241. The second kappa shape index (κ2) is 7.70. The van der Waals surface area contributed by atoms with Crippen LogP contribution in [0.4, 0.5) is 0 Å². The van der Waals surface area contributed by atoms with Crippen LogP contribution in [0.3, 0.4) is 0 Å². The molecule has 0 amide bonds. The first-order chi connectivity index (χ1) is 13.7. The SMILES string of the molecule is CCOC(=O)c1c(-c2ccccc2)oc(-c2ccc(Cl)cc2)c1-n1ccnn1. The zero-order valence-corrected chi connectivity index (χ0v) is 15.8. The van der Waals surface area contributed by atoms with Gasteiger partial charge in [0.05, 0.1) is 19.0 Å². The van der Waals surface area contributed by atoms with Crippen molar-refractivity contribution in [1.82, 2.24) is 15.0 Å². The number of nitrogens with zero attached hydrogens (tertiary/aromatic N) is 3. The third kappa shape index (κ3) is 3.30. The van der Waals surface area contributed by atoms with Gasteiger partial charge in [-0.05, 0) is 31.2 Å².